The van der Waals surface area contributed by atoms with Gasteiger partial charge in [0.1, 0.15) is 5.82 Å². The van der Waals surface area contributed by atoms with E-state index in [-0.39, 0.29) is 11.5 Å². The number of fused-ring (bicyclic) bond motifs is 1. The summed E-state index contributed by atoms with van der Waals surface area (Å²) >= 11 is 0. The number of nitrogens with zero attached hydrogens (tertiary/aromatic N) is 2. The van der Waals surface area contributed by atoms with Gasteiger partial charge in [-0.15, -0.1) is 0 Å². The molecule has 1 aromatic carbocycles. The van der Waals surface area contributed by atoms with Crippen molar-refractivity contribution in [3.8, 4) is 0 Å². The number of aromatic nitrogens is 2. The van der Waals surface area contributed by atoms with E-state index in [0.29, 0.717) is 37.2 Å². The van der Waals surface area contributed by atoms with E-state index in [0.717, 1.165) is 12.0 Å². The molecule has 0 fully saturated rings. The second-order valence-electron chi connectivity index (χ2n) is 5.67. The van der Waals surface area contributed by atoms with Gasteiger partial charge in [-0.1, -0.05) is 29.8 Å². The number of H-pyrrole nitrogens is 1. The minimum atomic E-state index is -0.138. The Bertz CT molecular complexity index is 734. The number of carbonyl (C=O) groups excluding carboxylic acids is 1. The lowest BCUT2D eigenvalue weighted by molar-refractivity contribution is -0.118. The molecule has 22 heavy (non-hydrogen) atoms. The normalized spacial score (nSPS) is 13.8. The van der Waals surface area contributed by atoms with Crippen molar-refractivity contribution in [3.63, 3.8) is 0 Å². The van der Waals surface area contributed by atoms with Crippen molar-refractivity contribution in [3.05, 3.63) is 57.6 Å². The molecule has 2 heterocycles. The van der Waals surface area contributed by atoms with Crippen molar-refractivity contribution < 1.29 is 4.79 Å². The summed E-state index contributed by atoms with van der Waals surface area (Å²) in [5.41, 5.74) is 2.84. The molecule has 0 unspecified atom stereocenters. The Hall–Kier alpha value is -2.43. The fraction of sp³-hybridized carbons (Fsp3) is 0.353. The molecule has 0 spiro atoms. The second kappa shape index (κ2) is 6.13. The number of amides is 1. The average Bonchev–Trinajstić information content (AvgIpc) is 2.54. The third kappa shape index (κ3) is 2.93. The molecule has 1 N–H and O–H groups in total. The Morgan fingerprint density at radius 1 is 1.32 bits per heavy atom. The first-order chi connectivity index (χ1) is 10.6. The van der Waals surface area contributed by atoms with Crippen LogP contribution in [-0.4, -0.2) is 22.4 Å². The number of nitrogens with one attached hydrogen (secondary N) is 1. The van der Waals surface area contributed by atoms with Gasteiger partial charge in [-0.2, -0.15) is 0 Å². The van der Waals surface area contributed by atoms with Gasteiger partial charge in [0.15, 0.2) is 0 Å². The Labute approximate surface area is 129 Å². The third-order valence-electron chi connectivity index (χ3n) is 4.04. The lowest BCUT2D eigenvalue weighted by Gasteiger charge is -2.27. The molecule has 0 bridgehead atoms. The highest BCUT2D eigenvalue weighted by molar-refractivity contribution is 5.93. The molecule has 3 rings (SSSR count). The van der Waals surface area contributed by atoms with Gasteiger partial charge in [-0.3, -0.25) is 14.5 Å². The van der Waals surface area contributed by atoms with Crippen LogP contribution in [0.1, 0.15) is 29.5 Å². The average molecular weight is 297 g/mol. The summed E-state index contributed by atoms with van der Waals surface area (Å²) in [5, 5.41) is 0. The number of hydrogen-bond acceptors (Lipinski definition) is 3. The van der Waals surface area contributed by atoms with Crippen molar-refractivity contribution in [1.29, 1.82) is 0 Å². The topological polar surface area (TPSA) is 66.1 Å². The van der Waals surface area contributed by atoms with Gasteiger partial charge in [-0.25, -0.2) is 4.98 Å². The van der Waals surface area contributed by atoms with Crippen LogP contribution in [0.2, 0.25) is 0 Å². The van der Waals surface area contributed by atoms with Crippen LogP contribution < -0.4 is 10.5 Å². The number of anilines is 1. The van der Waals surface area contributed by atoms with Crippen LogP contribution in [0.3, 0.4) is 0 Å². The van der Waals surface area contributed by atoms with Crippen LogP contribution in [0.5, 0.6) is 0 Å². The van der Waals surface area contributed by atoms with Gasteiger partial charge in [0.05, 0.1) is 11.9 Å². The van der Waals surface area contributed by atoms with E-state index in [2.05, 4.69) is 34.2 Å². The second-order valence-corrected chi connectivity index (χ2v) is 5.67. The summed E-state index contributed by atoms with van der Waals surface area (Å²) in [4.78, 5) is 32.7. The number of benzene rings is 1. The molecular weight excluding hydrogens is 278 g/mol. The van der Waals surface area contributed by atoms with Gasteiger partial charge < -0.3 is 4.98 Å². The number of aryl methyl sites for hydroxylation is 2. The molecule has 0 saturated heterocycles. The maximum atomic E-state index is 12.5. The predicted molar refractivity (Wildman–Crippen MR) is 85.0 cm³/mol. The van der Waals surface area contributed by atoms with Crippen LogP contribution in [0.25, 0.3) is 0 Å². The van der Waals surface area contributed by atoms with Crippen LogP contribution >= 0.6 is 0 Å². The molecule has 1 aliphatic heterocycles. The summed E-state index contributed by atoms with van der Waals surface area (Å²) in [6.07, 6.45) is 3.98. The first kappa shape index (κ1) is 14.5. The molecule has 0 radical (unpaired) electrons. The van der Waals surface area contributed by atoms with Crippen molar-refractivity contribution in [1.82, 2.24) is 9.97 Å². The molecule has 5 heteroatoms. The third-order valence-corrected chi connectivity index (χ3v) is 4.04. The van der Waals surface area contributed by atoms with Gasteiger partial charge in [0.25, 0.3) is 5.56 Å². The molecule has 1 aromatic heterocycles. The van der Waals surface area contributed by atoms with Crippen LogP contribution in [0.15, 0.2) is 35.4 Å². The van der Waals surface area contributed by atoms with E-state index >= 15 is 0 Å². The largest absolute Gasteiger partial charge is 0.313 e. The highest BCUT2D eigenvalue weighted by atomic mass is 16.2. The molecule has 0 aliphatic carbocycles. The van der Waals surface area contributed by atoms with Gasteiger partial charge in [0.2, 0.25) is 5.91 Å². The summed E-state index contributed by atoms with van der Waals surface area (Å²) in [6.45, 7) is 2.68. The molecule has 0 saturated carbocycles. The minimum absolute atomic E-state index is 0.0274. The smallest absolute Gasteiger partial charge is 0.256 e. The minimum Gasteiger partial charge on any atom is -0.313 e. The first-order valence-electron chi connectivity index (χ1n) is 7.57. The Balaban J connectivity index is 1.72. The van der Waals surface area contributed by atoms with Crippen LogP contribution in [-0.2, 0) is 17.6 Å². The zero-order valence-electron chi connectivity index (χ0n) is 12.6. The molecule has 114 valence electrons. The molecule has 2 aromatic rings. The fourth-order valence-corrected chi connectivity index (χ4v) is 2.78. The molecule has 0 atom stereocenters. The summed E-state index contributed by atoms with van der Waals surface area (Å²) < 4.78 is 0. The van der Waals surface area contributed by atoms with E-state index in [4.69, 9.17) is 0 Å². The van der Waals surface area contributed by atoms with E-state index in [1.54, 1.807) is 4.90 Å². The Kier molecular flexibility index (Phi) is 4.04. The SMILES string of the molecule is Cc1ccc(CCC(=O)N2CCCc3c2nc[nH]c3=O)cc1. The fourth-order valence-electron chi connectivity index (χ4n) is 2.78. The lowest BCUT2D eigenvalue weighted by atomic mass is 10.0. The predicted octanol–water partition coefficient (Wildman–Crippen LogP) is 1.99. The van der Waals surface area contributed by atoms with Crippen molar-refractivity contribution >= 4 is 11.7 Å². The van der Waals surface area contributed by atoms with Crippen molar-refractivity contribution in [2.24, 2.45) is 0 Å². The highest BCUT2D eigenvalue weighted by Crippen LogP contribution is 2.22. The summed E-state index contributed by atoms with van der Waals surface area (Å²) in [6, 6.07) is 8.21. The van der Waals surface area contributed by atoms with Crippen molar-refractivity contribution in [2.45, 2.75) is 32.6 Å². The van der Waals surface area contributed by atoms with Gasteiger partial charge in [-0.05, 0) is 31.7 Å². The van der Waals surface area contributed by atoms with Gasteiger partial charge >= 0.3 is 0 Å². The zero-order chi connectivity index (χ0) is 15.5. The zero-order valence-corrected chi connectivity index (χ0v) is 12.6. The van der Waals surface area contributed by atoms with Gasteiger partial charge in [0, 0.05) is 13.0 Å². The van der Waals surface area contributed by atoms with Crippen LogP contribution in [0.4, 0.5) is 5.82 Å². The van der Waals surface area contributed by atoms with Crippen LogP contribution in [0, 0.1) is 6.92 Å². The summed E-state index contributed by atoms with van der Waals surface area (Å²) in [7, 11) is 0. The van der Waals surface area contributed by atoms with Crippen molar-refractivity contribution in [2.75, 3.05) is 11.4 Å². The number of hydrogen-bond donors (Lipinski definition) is 1. The number of rotatable bonds is 3. The number of aromatic amines is 1. The lowest BCUT2D eigenvalue weighted by Crippen LogP contribution is -2.38. The molecule has 1 aliphatic rings. The monoisotopic (exact) mass is 297 g/mol. The maximum absolute atomic E-state index is 12.5. The standard InChI is InChI=1S/C17H19N3O2/c1-12-4-6-13(7-5-12)8-9-15(21)20-10-2-3-14-16(20)18-11-19-17(14)22/h4-7,11H,2-3,8-10H2,1H3,(H,18,19,22). The molecular formula is C17H19N3O2. The molecule has 5 nitrogen and oxygen atoms in total. The highest BCUT2D eigenvalue weighted by Gasteiger charge is 2.25. The van der Waals surface area contributed by atoms with E-state index in [1.807, 2.05) is 6.92 Å². The first-order valence-corrected chi connectivity index (χ1v) is 7.57. The van der Waals surface area contributed by atoms with E-state index in [9.17, 15) is 9.59 Å². The van der Waals surface area contributed by atoms with E-state index < -0.39 is 0 Å². The Morgan fingerprint density at radius 2 is 2.09 bits per heavy atom. The maximum Gasteiger partial charge on any atom is 0.256 e. The van der Waals surface area contributed by atoms with E-state index in [1.165, 1.54) is 11.9 Å². The summed E-state index contributed by atoms with van der Waals surface area (Å²) in [5.74, 6) is 0.559. The number of carbonyl (C=O) groups is 1. The Morgan fingerprint density at radius 3 is 2.86 bits per heavy atom. The molecule has 1 amide bonds. The quantitative estimate of drug-likeness (QED) is 0.942.